The van der Waals surface area contributed by atoms with Gasteiger partial charge in [0.1, 0.15) is 10.0 Å². The van der Waals surface area contributed by atoms with E-state index in [2.05, 4.69) is 4.98 Å². The molecule has 0 atom stereocenters. The van der Waals surface area contributed by atoms with Gasteiger partial charge in [-0.3, -0.25) is 0 Å². The number of ether oxygens (including phenoxy) is 1. The van der Waals surface area contributed by atoms with Gasteiger partial charge in [-0.05, 0) is 35.4 Å². The van der Waals surface area contributed by atoms with E-state index in [-0.39, 0.29) is 23.1 Å². The van der Waals surface area contributed by atoms with Crippen LogP contribution in [0.4, 0.5) is 0 Å². The highest BCUT2D eigenvalue weighted by molar-refractivity contribution is 7.89. The smallest absolute Gasteiger partial charge is 0.337 e. The number of carbonyl (C=O) groups is 1. The molecule has 0 N–H and O–H groups in total. The Bertz CT molecular complexity index is 1070. The minimum Gasteiger partial charge on any atom is -0.465 e. The van der Waals surface area contributed by atoms with Gasteiger partial charge in [0.25, 0.3) is 0 Å². The molecule has 0 amide bonds. The van der Waals surface area contributed by atoms with Gasteiger partial charge in [-0.15, -0.1) is 0 Å². The van der Waals surface area contributed by atoms with E-state index in [0.717, 1.165) is 11.1 Å². The Morgan fingerprint density at radius 1 is 0.966 bits per heavy atom. The van der Waals surface area contributed by atoms with Crippen LogP contribution in [0.5, 0.6) is 0 Å². The summed E-state index contributed by atoms with van der Waals surface area (Å²) in [6.07, 6.45) is 1.25. The van der Waals surface area contributed by atoms with Crippen molar-refractivity contribution in [3.8, 4) is 0 Å². The van der Waals surface area contributed by atoms with Crippen LogP contribution >= 0.6 is 11.6 Å². The molecule has 2 aromatic carbocycles. The molecule has 0 aliphatic heterocycles. The summed E-state index contributed by atoms with van der Waals surface area (Å²) in [7, 11) is -2.51. The molecular weight excluding hydrogens is 412 g/mol. The second-order valence-electron chi connectivity index (χ2n) is 6.26. The number of aromatic nitrogens is 1. The van der Waals surface area contributed by atoms with Crippen molar-refractivity contribution >= 4 is 27.6 Å². The molecule has 150 valence electrons. The Morgan fingerprint density at radius 2 is 1.59 bits per heavy atom. The summed E-state index contributed by atoms with van der Waals surface area (Å²) in [5.74, 6) is -0.447. The maximum atomic E-state index is 13.2. The van der Waals surface area contributed by atoms with Gasteiger partial charge in [0.2, 0.25) is 10.0 Å². The monoisotopic (exact) mass is 430 g/mol. The number of hydrogen-bond donors (Lipinski definition) is 0. The number of rotatable bonds is 7. The zero-order valence-electron chi connectivity index (χ0n) is 15.7. The van der Waals surface area contributed by atoms with Crippen LogP contribution in [0.15, 0.2) is 77.8 Å². The highest BCUT2D eigenvalue weighted by Gasteiger charge is 2.25. The summed E-state index contributed by atoms with van der Waals surface area (Å²) in [6, 6.07) is 18.8. The SMILES string of the molecule is COC(=O)c1ccc(CN(Cc2ccccc2)S(=O)(=O)c2ccc(Cl)nc2)cc1. The number of esters is 1. The highest BCUT2D eigenvalue weighted by atomic mass is 35.5. The van der Waals surface area contributed by atoms with E-state index >= 15 is 0 Å². The van der Waals surface area contributed by atoms with Gasteiger partial charge in [0.05, 0.1) is 12.7 Å². The van der Waals surface area contributed by atoms with Gasteiger partial charge in [-0.1, -0.05) is 54.1 Å². The Morgan fingerprint density at radius 3 is 2.14 bits per heavy atom. The van der Waals surface area contributed by atoms with Crippen molar-refractivity contribution in [1.82, 2.24) is 9.29 Å². The molecule has 6 nitrogen and oxygen atoms in total. The normalized spacial score (nSPS) is 11.4. The van der Waals surface area contributed by atoms with E-state index in [1.165, 1.54) is 29.7 Å². The summed E-state index contributed by atoms with van der Waals surface area (Å²) in [6.45, 7) is 0.311. The summed E-state index contributed by atoms with van der Waals surface area (Å²) in [4.78, 5) is 15.6. The third kappa shape index (κ3) is 5.20. The first-order valence-corrected chi connectivity index (χ1v) is 10.5. The molecule has 1 aromatic heterocycles. The summed E-state index contributed by atoms with van der Waals surface area (Å²) in [5, 5.41) is 0.219. The molecule has 0 radical (unpaired) electrons. The predicted octanol–water partition coefficient (Wildman–Crippen LogP) is 3.91. The zero-order chi connectivity index (χ0) is 20.9. The molecule has 29 heavy (non-hydrogen) atoms. The second-order valence-corrected chi connectivity index (χ2v) is 8.59. The molecule has 0 aliphatic carbocycles. The zero-order valence-corrected chi connectivity index (χ0v) is 17.2. The van der Waals surface area contributed by atoms with Crippen LogP contribution < -0.4 is 0 Å². The third-order valence-corrected chi connectivity index (χ3v) is 6.27. The van der Waals surface area contributed by atoms with Crippen LogP contribution in [0.3, 0.4) is 0 Å². The van der Waals surface area contributed by atoms with Crippen LogP contribution in [-0.4, -0.2) is 30.8 Å². The van der Waals surface area contributed by atoms with Gasteiger partial charge in [0, 0.05) is 19.3 Å². The van der Waals surface area contributed by atoms with Crippen molar-refractivity contribution in [2.45, 2.75) is 18.0 Å². The number of benzene rings is 2. The van der Waals surface area contributed by atoms with Crippen LogP contribution in [0, 0.1) is 0 Å². The highest BCUT2D eigenvalue weighted by Crippen LogP contribution is 2.22. The Hall–Kier alpha value is -2.74. The molecule has 0 saturated heterocycles. The average molecular weight is 431 g/mol. The fourth-order valence-electron chi connectivity index (χ4n) is 2.74. The van der Waals surface area contributed by atoms with E-state index in [0.29, 0.717) is 5.56 Å². The molecule has 8 heteroatoms. The van der Waals surface area contributed by atoms with Crippen molar-refractivity contribution in [3.05, 3.63) is 94.8 Å². The fraction of sp³-hybridized carbons (Fsp3) is 0.143. The first kappa shape index (κ1) is 21.0. The molecule has 0 spiro atoms. The molecule has 1 heterocycles. The van der Waals surface area contributed by atoms with Crippen LogP contribution in [-0.2, 0) is 27.8 Å². The molecule has 0 fully saturated rings. The van der Waals surface area contributed by atoms with Crippen molar-refractivity contribution in [2.24, 2.45) is 0 Å². The number of methoxy groups -OCH3 is 1. The Labute approximate surface area is 174 Å². The minimum absolute atomic E-state index is 0.0593. The molecule has 3 rings (SSSR count). The lowest BCUT2D eigenvalue weighted by Crippen LogP contribution is -2.30. The molecule has 0 aliphatic rings. The first-order chi connectivity index (χ1) is 13.9. The molecule has 0 bridgehead atoms. The lowest BCUT2D eigenvalue weighted by atomic mass is 10.1. The van der Waals surface area contributed by atoms with Gasteiger partial charge in [-0.2, -0.15) is 4.31 Å². The van der Waals surface area contributed by atoms with E-state index in [4.69, 9.17) is 16.3 Å². The van der Waals surface area contributed by atoms with Crippen LogP contribution in [0.25, 0.3) is 0 Å². The van der Waals surface area contributed by atoms with Gasteiger partial charge in [-0.25, -0.2) is 18.2 Å². The van der Waals surface area contributed by atoms with Crippen molar-refractivity contribution < 1.29 is 17.9 Å². The average Bonchev–Trinajstić information content (AvgIpc) is 2.74. The summed E-state index contributed by atoms with van der Waals surface area (Å²) >= 11 is 5.80. The number of sulfonamides is 1. The third-order valence-electron chi connectivity index (χ3n) is 4.27. The summed E-state index contributed by atoms with van der Waals surface area (Å²) in [5.41, 5.74) is 1.99. The standard InChI is InChI=1S/C21H19ClN2O4S/c1-28-21(25)18-9-7-17(8-10-18)15-24(14-16-5-3-2-4-6-16)29(26,27)19-11-12-20(22)23-13-19/h2-13H,14-15H2,1H3. The van der Waals surface area contributed by atoms with E-state index in [9.17, 15) is 13.2 Å². The van der Waals surface area contributed by atoms with Crippen molar-refractivity contribution in [3.63, 3.8) is 0 Å². The quantitative estimate of drug-likeness (QED) is 0.419. The topological polar surface area (TPSA) is 76.6 Å². The first-order valence-electron chi connectivity index (χ1n) is 8.73. The van der Waals surface area contributed by atoms with E-state index in [1.807, 2.05) is 30.3 Å². The van der Waals surface area contributed by atoms with Gasteiger partial charge in [0.15, 0.2) is 0 Å². The minimum atomic E-state index is -3.82. The lowest BCUT2D eigenvalue weighted by Gasteiger charge is -2.22. The van der Waals surface area contributed by atoms with E-state index in [1.54, 1.807) is 24.3 Å². The van der Waals surface area contributed by atoms with Crippen LogP contribution in [0.1, 0.15) is 21.5 Å². The lowest BCUT2D eigenvalue weighted by molar-refractivity contribution is 0.0600. The maximum absolute atomic E-state index is 13.2. The number of pyridine rings is 1. The number of hydrogen-bond acceptors (Lipinski definition) is 5. The van der Waals surface area contributed by atoms with Gasteiger partial charge < -0.3 is 4.74 Å². The second kappa shape index (κ2) is 9.17. The Kier molecular flexibility index (Phi) is 6.64. The van der Waals surface area contributed by atoms with Crippen molar-refractivity contribution in [2.75, 3.05) is 7.11 Å². The molecule has 3 aromatic rings. The number of halogens is 1. The maximum Gasteiger partial charge on any atom is 0.337 e. The number of nitrogens with zero attached hydrogens (tertiary/aromatic N) is 2. The summed E-state index contributed by atoms with van der Waals surface area (Å²) < 4.78 is 32.5. The largest absolute Gasteiger partial charge is 0.465 e. The number of carbonyl (C=O) groups excluding carboxylic acids is 1. The van der Waals surface area contributed by atoms with E-state index < -0.39 is 16.0 Å². The molecule has 0 unspecified atom stereocenters. The molecule has 0 saturated carbocycles. The van der Waals surface area contributed by atoms with Crippen molar-refractivity contribution in [1.29, 1.82) is 0 Å². The predicted molar refractivity (Wildman–Crippen MR) is 110 cm³/mol. The Balaban J connectivity index is 1.92. The fourth-order valence-corrected chi connectivity index (χ4v) is 4.22. The van der Waals surface area contributed by atoms with Crippen LogP contribution in [0.2, 0.25) is 5.15 Å². The van der Waals surface area contributed by atoms with Gasteiger partial charge >= 0.3 is 5.97 Å². The molecular formula is C21H19ClN2O4S.